The maximum absolute atomic E-state index is 12.2. The number of rotatable bonds is 6. The van der Waals surface area contributed by atoms with Crippen molar-refractivity contribution in [3.8, 4) is 0 Å². The summed E-state index contributed by atoms with van der Waals surface area (Å²) in [6.45, 7) is 12.7. The first-order valence-corrected chi connectivity index (χ1v) is 7.17. The minimum atomic E-state index is -0.0746. The molecule has 0 bridgehead atoms. The molecule has 18 heavy (non-hydrogen) atoms. The van der Waals surface area contributed by atoms with Crippen LogP contribution in [0.2, 0.25) is 0 Å². The lowest BCUT2D eigenvalue weighted by atomic mass is 9.90. The molecule has 0 aromatic heterocycles. The fourth-order valence-electron chi connectivity index (χ4n) is 2.80. The molecule has 1 N–H and O–H groups in total. The third kappa shape index (κ3) is 4.58. The van der Waals surface area contributed by atoms with Gasteiger partial charge in [0.15, 0.2) is 0 Å². The van der Waals surface area contributed by atoms with E-state index in [0.29, 0.717) is 18.4 Å². The van der Waals surface area contributed by atoms with Gasteiger partial charge < -0.3 is 10.1 Å². The number of ether oxygens (including phenoxy) is 1. The van der Waals surface area contributed by atoms with Crippen LogP contribution >= 0.6 is 0 Å². The van der Waals surface area contributed by atoms with E-state index in [1.54, 1.807) is 0 Å². The van der Waals surface area contributed by atoms with Crippen LogP contribution in [0.1, 0.15) is 34.1 Å². The Kier molecular flexibility index (Phi) is 6.65. The summed E-state index contributed by atoms with van der Waals surface area (Å²) < 4.78 is 5.26. The summed E-state index contributed by atoms with van der Waals surface area (Å²) in [5.74, 6) is 0.912. The van der Waals surface area contributed by atoms with E-state index in [1.807, 2.05) is 6.92 Å². The van der Waals surface area contributed by atoms with Gasteiger partial charge in [-0.15, -0.1) is 0 Å². The molecule has 1 saturated heterocycles. The number of nitrogens with one attached hydrogen (secondary N) is 1. The highest BCUT2D eigenvalue weighted by atomic mass is 16.5. The Labute approximate surface area is 111 Å². The van der Waals surface area contributed by atoms with Gasteiger partial charge >= 0.3 is 5.97 Å². The van der Waals surface area contributed by atoms with Crippen LogP contribution in [0.25, 0.3) is 0 Å². The van der Waals surface area contributed by atoms with E-state index >= 15 is 0 Å². The van der Waals surface area contributed by atoms with Gasteiger partial charge in [0.25, 0.3) is 0 Å². The Morgan fingerprint density at radius 1 is 1.28 bits per heavy atom. The van der Waals surface area contributed by atoms with Gasteiger partial charge in [-0.3, -0.25) is 9.69 Å². The second-order valence-corrected chi connectivity index (χ2v) is 5.59. The van der Waals surface area contributed by atoms with Gasteiger partial charge in [-0.05, 0) is 25.2 Å². The summed E-state index contributed by atoms with van der Waals surface area (Å²) >= 11 is 0. The minimum Gasteiger partial charge on any atom is -0.465 e. The van der Waals surface area contributed by atoms with Crippen molar-refractivity contribution >= 4 is 5.97 Å². The van der Waals surface area contributed by atoms with E-state index < -0.39 is 0 Å². The Morgan fingerprint density at radius 3 is 2.39 bits per heavy atom. The van der Waals surface area contributed by atoms with Gasteiger partial charge in [0.2, 0.25) is 0 Å². The molecule has 106 valence electrons. The van der Waals surface area contributed by atoms with E-state index in [1.165, 1.54) is 0 Å². The highest BCUT2D eigenvalue weighted by molar-refractivity contribution is 5.76. The molecule has 4 nitrogen and oxygen atoms in total. The fraction of sp³-hybridized carbons (Fsp3) is 0.929. The lowest BCUT2D eigenvalue weighted by Gasteiger charge is -2.37. The van der Waals surface area contributed by atoms with Gasteiger partial charge in [0.1, 0.15) is 6.04 Å². The molecule has 0 saturated carbocycles. The van der Waals surface area contributed by atoms with Crippen LogP contribution in [-0.4, -0.2) is 49.7 Å². The highest BCUT2D eigenvalue weighted by Gasteiger charge is 2.33. The second kappa shape index (κ2) is 7.74. The van der Waals surface area contributed by atoms with Crippen LogP contribution in [0.5, 0.6) is 0 Å². The van der Waals surface area contributed by atoms with Crippen molar-refractivity contribution < 1.29 is 9.53 Å². The normalized spacial score (nSPS) is 20.7. The molecule has 0 aliphatic carbocycles. The first kappa shape index (κ1) is 15.4. The molecule has 0 aromatic carbocycles. The Bertz CT molecular complexity index is 250. The average molecular weight is 256 g/mol. The molecule has 1 fully saturated rings. The predicted octanol–water partition coefficient (Wildman–Crippen LogP) is 1.51. The molecule has 1 aliphatic rings. The molecule has 0 amide bonds. The number of carbonyl (C=O) groups is 1. The quantitative estimate of drug-likeness (QED) is 0.731. The highest BCUT2D eigenvalue weighted by Crippen LogP contribution is 2.21. The molecule has 0 radical (unpaired) electrons. The smallest absolute Gasteiger partial charge is 0.323 e. The van der Waals surface area contributed by atoms with Gasteiger partial charge in [0, 0.05) is 26.2 Å². The van der Waals surface area contributed by atoms with E-state index in [2.05, 4.69) is 31.0 Å². The standard InChI is InChI=1S/C14H28N2O2/c1-5-18-14(17)13(12(4)10-11(2)3)16-8-6-15-7-9-16/h11-13,15H,5-10H2,1-4H3. The molecular formula is C14H28N2O2. The maximum Gasteiger partial charge on any atom is 0.323 e. The van der Waals surface area contributed by atoms with Crippen LogP contribution < -0.4 is 5.32 Å². The number of carbonyl (C=O) groups excluding carboxylic acids is 1. The molecule has 1 aliphatic heterocycles. The van der Waals surface area contributed by atoms with Crippen LogP contribution in [-0.2, 0) is 9.53 Å². The largest absolute Gasteiger partial charge is 0.465 e. The number of esters is 1. The SMILES string of the molecule is CCOC(=O)C(C(C)CC(C)C)N1CCNCC1. The van der Waals surface area contributed by atoms with Crippen molar-refractivity contribution in [1.82, 2.24) is 10.2 Å². The summed E-state index contributed by atoms with van der Waals surface area (Å²) in [5.41, 5.74) is 0. The van der Waals surface area contributed by atoms with Crippen LogP contribution in [0.3, 0.4) is 0 Å². The first-order chi connectivity index (χ1) is 8.56. The lowest BCUT2D eigenvalue weighted by molar-refractivity contribution is -0.152. The van der Waals surface area contributed by atoms with Crippen molar-refractivity contribution in [1.29, 1.82) is 0 Å². The molecule has 0 aromatic rings. The summed E-state index contributed by atoms with van der Waals surface area (Å²) in [6.07, 6.45) is 1.06. The third-order valence-electron chi connectivity index (χ3n) is 3.46. The van der Waals surface area contributed by atoms with E-state index in [9.17, 15) is 4.79 Å². The molecular weight excluding hydrogens is 228 g/mol. The molecule has 0 spiro atoms. The molecule has 2 atom stereocenters. The molecule has 1 heterocycles. The third-order valence-corrected chi connectivity index (χ3v) is 3.46. The van der Waals surface area contributed by atoms with Gasteiger partial charge in [-0.2, -0.15) is 0 Å². The van der Waals surface area contributed by atoms with E-state index in [-0.39, 0.29) is 12.0 Å². The summed E-state index contributed by atoms with van der Waals surface area (Å²) in [7, 11) is 0. The van der Waals surface area contributed by atoms with Crippen LogP contribution in [0.15, 0.2) is 0 Å². The molecule has 1 rings (SSSR count). The maximum atomic E-state index is 12.2. The van der Waals surface area contributed by atoms with Gasteiger partial charge in [-0.25, -0.2) is 0 Å². The lowest BCUT2D eigenvalue weighted by Crippen LogP contribution is -2.54. The zero-order valence-electron chi connectivity index (χ0n) is 12.2. The Hall–Kier alpha value is -0.610. The minimum absolute atomic E-state index is 0.0486. The Balaban J connectivity index is 2.69. The average Bonchev–Trinajstić information content (AvgIpc) is 2.30. The van der Waals surface area contributed by atoms with Crippen molar-refractivity contribution in [3.63, 3.8) is 0 Å². The van der Waals surface area contributed by atoms with Crippen molar-refractivity contribution in [2.75, 3.05) is 32.8 Å². The predicted molar refractivity (Wildman–Crippen MR) is 73.5 cm³/mol. The van der Waals surface area contributed by atoms with Gasteiger partial charge in [-0.1, -0.05) is 20.8 Å². The Morgan fingerprint density at radius 2 is 1.89 bits per heavy atom. The van der Waals surface area contributed by atoms with Crippen LogP contribution in [0, 0.1) is 11.8 Å². The topological polar surface area (TPSA) is 41.6 Å². The summed E-state index contributed by atoms with van der Waals surface area (Å²) in [5, 5.41) is 3.33. The number of piperazine rings is 1. The zero-order valence-corrected chi connectivity index (χ0v) is 12.2. The van der Waals surface area contributed by atoms with Gasteiger partial charge in [0.05, 0.1) is 6.61 Å². The second-order valence-electron chi connectivity index (χ2n) is 5.59. The van der Waals surface area contributed by atoms with Crippen molar-refractivity contribution in [2.24, 2.45) is 11.8 Å². The van der Waals surface area contributed by atoms with E-state index in [0.717, 1.165) is 32.6 Å². The van der Waals surface area contributed by atoms with Crippen molar-refractivity contribution in [2.45, 2.75) is 40.2 Å². The number of hydrogen-bond donors (Lipinski definition) is 1. The monoisotopic (exact) mass is 256 g/mol. The summed E-state index contributed by atoms with van der Waals surface area (Å²) in [4.78, 5) is 14.5. The van der Waals surface area contributed by atoms with E-state index in [4.69, 9.17) is 4.74 Å². The number of nitrogens with zero attached hydrogens (tertiary/aromatic N) is 1. The molecule has 4 heteroatoms. The van der Waals surface area contributed by atoms with Crippen LogP contribution in [0.4, 0.5) is 0 Å². The van der Waals surface area contributed by atoms with Crippen molar-refractivity contribution in [3.05, 3.63) is 0 Å². The first-order valence-electron chi connectivity index (χ1n) is 7.17. The fourth-order valence-corrected chi connectivity index (χ4v) is 2.80. The zero-order chi connectivity index (χ0) is 13.5. The number of hydrogen-bond acceptors (Lipinski definition) is 4. The molecule has 2 unspecified atom stereocenters. The summed E-state index contributed by atoms with van der Waals surface area (Å²) in [6, 6.07) is -0.0746.